The number of halogens is 1. The zero-order valence-corrected chi connectivity index (χ0v) is 13.4. The third kappa shape index (κ3) is 8.58. The molecule has 0 spiro atoms. The molecule has 0 unspecified atom stereocenters. The van der Waals surface area contributed by atoms with Crippen LogP contribution in [0.4, 0.5) is 10.5 Å². The topological polar surface area (TPSA) is 50.4 Å². The Labute approximate surface area is 132 Å². The monoisotopic (exact) mass is 312 g/mol. The fourth-order valence-electron chi connectivity index (χ4n) is 1.96. The maximum Gasteiger partial charge on any atom is 0.343 e. The number of rotatable bonds is 10. The lowest BCUT2D eigenvalue weighted by molar-refractivity contribution is 0.0631. The average molecular weight is 313 g/mol. The normalized spacial score (nSPS) is 10.4. The van der Waals surface area contributed by atoms with E-state index in [2.05, 4.69) is 17.7 Å². The lowest BCUT2D eigenvalue weighted by Gasteiger charge is -2.08. The highest BCUT2D eigenvalue weighted by atomic mass is 35.5. The summed E-state index contributed by atoms with van der Waals surface area (Å²) in [6.45, 7) is 2.75. The summed E-state index contributed by atoms with van der Waals surface area (Å²) in [4.78, 5) is 16.7. The van der Waals surface area contributed by atoms with Crippen molar-refractivity contribution in [2.45, 2.75) is 51.9 Å². The fourth-order valence-corrected chi connectivity index (χ4v) is 2.14. The molecule has 2 amide bonds. The van der Waals surface area contributed by atoms with E-state index in [9.17, 15) is 4.79 Å². The molecular weight excluding hydrogens is 288 g/mol. The van der Waals surface area contributed by atoms with Gasteiger partial charge in [0, 0.05) is 0 Å². The smallest absolute Gasteiger partial charge is 0.305 e. The second-order valence-electron chi connectivity index (χ2n) is 5.01. The largest absolute Gasteiger partial charge is 0.343 e. The Balaban J connectivity index is 2.00. The predicted octanol–water partition coefficient (Wildman–Crippen LogP) is 5.14. The quantitative estimate of drug-likeness (QED) is 0.464. The molecule has 1 rings (SSSR count). The van der Waals surface area contributed by atoms with Crippen LogP contribution in [-0.2, 0) is 4.84 Å². The third-order valence-corrected chi connectivity index (χ3v) is 3.47. The second kappa shape index (κ2) is 11.4. The first-order valence-corrected chi connectivity index (χ1v) is 8.05. The van der Waals surface area contributed by atoms with Crippen LogP contribution in [0.2, 0.25) is 5.02 Å². The zero-order chi connectivity index (χ0) is 15.3. The van der Waals surface area contributed by atoms with Crippen LogP contribution < -0.4 is 10.8 Å². The van der Waals surface area contributed by atoms with Gasteiger partial charge in [-0.3, -0.25) is 4.84 Å². The highest BCUT2D eigenvalue weighted by Gasteiger charge is 2.04. The second-order valence-corrected chi connectivity index (χ2v) is 5.41. The maximum absolute atomic E-state index is 11.6. The van der Waals surface area contributed by atoms with Crippen molar-refractivity contribution in [1.29, 1.82) is 0 Å². The number of hydrogen-bond acceptors (Lipinski definition) is 2. The Bertz CT molecular complexity index is 413. The van der Waals surface area contributed by atoms with E-state index in [1.165, 1.54) is 32.1 Å². The third-order valence-electron chi connectivity index (χ3n) is 3.14. The summed E-state index contributed by atoms with van der Waals surface area (Å²) in [5.41, 5.74) is 2.93. The van der Waals surface area contributed by atoms with Crippen molar-refractivity contribution in [3.05, 3.63) is 29.3 Å². The SMILES string of the molecule is CCCCCCCCCONC(=O)Nc1ccccc1Cl. The fraction of sp³-hybridized carbons (Fsp3) is 0.562. The Kier molecular flexibility index (Phi) is 9.66. The number of benzene rings is 1. The molecule has 0 aliphatic carbocycles. The van der Waals surface area contributed by atoms with Gasteiger partial charge in [-0.05, 0) is 18.6 Å². The minimum absolute atomic E-state index is 0.411. The molecule has 0 radical (unpaired) electrons. The molecule has 0 atom stereocenters. The molecule has 0 bridgehead atoms. The van der Waals surface area contributed by atoms with Gasteiger partial charge in [-0.1, -0.05) is 69.2 Å². The predicted molar refractivity (Wildman–Crippen MR) is 87.6 cm³/mol. The van der Waals surface area contributed by atoms with Gasteiger partial charge in [0.1, 0.15) is 0 Å². The van der Waals surface area contributed by atoms with Crippen LogP contribution in [0.1, 0.15) is 51.9 Å². The summed E-state index contributed by atoms with van der Waals surface area (Å²) in [6, 6.07) is 6.66. The molecular formula is C16H25ClN2O2. The van der Waals surface area contributed by atoms with Gasteiger partial charge < -0.3 is 5.32 Å². The highest BCUT2D eigenvalue weighted by Crippen LogP contribution is 2.19. The molecule has 4 nitrogen and oxygen atoms in total. The molecule has 0 aliphatic rings. The van der Waals surface area contributed by atoms with Gasteiger partial charge in [0.25, 0.3) is 0 Å². The van der Waals surface area contributed by atoms with E-state index < -0.39 is 6.03 Å². The number of para-hydroxylation sites is 1. The van der Waals surface area contributed by atoms with Gasteiger partial charge in [0.05, 0.1) is 17.3 Å². The summed E-state index contributed by atoms with van der Waals surface area (Å²) in [7, 11) is 0. The van der Waals surface area contributed by atoms with E-state index in [-0.39, 0.29) is 0 Å². The van der Waals surface area contributed by atoms with Crippen molar-refractivity contribution in [3.8, 4) is 0 Å². The number of amides is 2. The lowest BCUT2D eigenvalue weighted by Crippen LogP contribution is -2.29. The highest BCUT2D eigenvalue weighted by molar-refractivity contribution is 6.33. The van der Waals surface area contributed by atoms with E-state index in [1.807, 2.05) is 6.07 Å². The Hall–Kier alpha value is -1.26. The lowest BCUT2D eigenvalue weighted by atomic mass is 10.1. The summed E-state index contributed by atoms with van der Waals surface area (Å²) in [5, 5.41) is 3.13. The van der Waals surface area contributed by atoms with Gasteiger partial charge in [0.2, 0.25) is 0 Å². The van der Waals surface area contributed by atoms with Crippen molar-refractivity contribution in [3.63, 3.8) is 0 Å². The van der Waals surface area contributed by atoms with Crippen molar-refractivity contribution in [2.75, 3.05) is 11.9 Å². The Morgan fingerprint density at radius 1 is 1.10 bits per heavy atom. The molecule has 0 fully saturated rings. The first-order chi connectivity index (χ1) is 10.2. The van der Waals surface area contributed by atoms with Crippen molar-refractivity contribution < 1.29 is 9.63 Å². The van der Waals surface area contributed by atoms with Gasteiger partial charge in [-0.15, -0.1) is 0 Å². The molecule has 0 aliphatic heterocycles. The molecule has 118 valence electrons. The van der Waals surface area contributed by atoms with Crippen LogP contribution >= 0.6 is 11.6 Å². The molecule has 1 aromatic rings. The molecule has 5 heteroatoms. The van der Waals surface area contributed by atoms with Crippen LogP contribution in [0.5, 0.6) is 0 Å². The number of carbonyl (C=O) groups is 1. The maximum atomic E-state index is 11.6. The van der Waals surface area contributed by atoms with Gasteiger partial charge in [-0.2, -0.15) is 0 Å². The van der Waals surface area contributed by atoms with Crippen LogP contribution in [0.3, 0.4) is 0 Å². The van der Waals surface area contributed by atoms with E-state index >= 15 is 0 Å². The molecule has 0 saturated carbocycles. The van der Waals surface area contributed by atoms with Crippen LogP contribution in [0.25, 0.3) is 0 Å². The summed E-state index contributed by atoms with van der Waals surface area (Å²) < 4.78 is 0. The first kappa shape index (κ1) is 17.8. The van der Waals surface area contributed by atoms with Crippen molar-refractivity contribution in [1.82, 2.24) is 5.48 Å². The van der Waals surface area contributed by atoms with Gasteiger partial charge in [-0.25, -0.2) is 10.3 Å². The van der Waals surface area contributed by atoms with Crippen molar-refractivity contribution in [2.24, 2.45) is 0 Å². The molecule has 0 heterocycles. The number of urea groups is 1. The number of anilines is 1. The molecule has 2 N–H and O–H groups in total. The minimum Gasteiger partial charge on any atom is -0.305 e. The van der Waals surface area contributed by atoms with Gasteiger partial charge in [0.15, 0.2) is 0 Å². The minimum atomic E-state index is -0.411. The number of carbonyl (C=O) groups excluding carboxylic acids is 1. The summed E-state index contributed by atoms with van der Waals surface area (Å²) in [5.74, 6) is 0. The number of hydrogen-bond donors (Lipinski definition) is 2. The van der Waals surface area contributed by atoms with E-state index in [0.717, 1.165) is 12.8 Å². The number of nitrogens with one attached hydrogen (secondary N) is 2. The van der Waals surface area contributed by atoms with Crippen LogP contribution in [0, 0.1) is 0 Å². The van der Waals surface area contributed by atoms with Crippen LogP contribution in [-0.4, -0.2) is 12.6 Å². The average Bonchev–Trinajstić information content (AvgIpc) is 2.48. The van der Waals surface area contributed by atoms with Gasteiger partial charge >= 0.3 is 6.03 Å². The van der Waals surface area contributed by atoms with E-state index in [4.69, 9.17) is 16.4 Å². The molecule has 0 aromatic heterocycles. The summed E-state index contributed by atoms with van der Waals surface area (Å²) in [6.07, 6.45) is 8.52. The van der Waals surface area contributed by atoms with E-state index in [1.54, 1.807) is 18.2 Å². The zero-order valence-electron chi connectivity index (χ0n) is 12.7. The Morgan fingerprint density at radius 2 is 1.76 bits per heavy atom. The standard InChI is InChI=1S/C16H25ClN2O2/c1-2-3-4-5-6-7-10-13-21-19-16(20)18-15-12-9-8-11-14(15)17/h8-9,11-12H,2-7,10,13H2,1H3,(H2,18,19,20). The molecule has 0 saturated heterocycles. The molecule has 1 aromatic carbocycles. The van der Waals surface area contributed by atoms with Crippen LogP contribution in [0.15, 0.2) is 24.3 Å². The summed E-state index contributed by atoms with van der Waals surface area (Å²) >= 11 is 5.94. The molecule has 21 heavy (non-hydrogen) atoms. The number of unbranched alkanes of at least 4 members (excludes halogenated alkanes) is 6. The van der Waals surface area contributed by atoms with Crippen molar-refractivity contribution >= 4 is 23.3 Å². The number of hydroxylamine groups is 1. The van der Waals surface area contributed by atoms with E-state index in [0.29, 0.717) is 17.3 Å². The first-order valence-electron chi connectivity index (χ1n) is 7.67. The Morgan fingerprint density at radius 3 is 2.48 bits per heavy atom.